The van der Waals surface area contributed by atoms with Crippen molar-refractivity contribution in [2.75, 3.05) is 37.3 Å². The predicted octanol–water partition coefficient (Wildman–Crippen LogP) is 2.86. The Labute approximate surface area is 210 Å². The molecule has 2 aromatic carbocycles. The summed E-state index contributed by atoms with van der Waals surface area (Å²) >= 11 is 1.47. The lowest BCUT2D eigenvalue weighted by molar-refractivity contribution is -0.384. The van der Waals surface area contributed by atoms with Gasteiger partial charge >= 0.3 is 0 Å². The zero-order chi connectivity index (χ0) is 25.1. The second kappa shape index (κ2) is 10.5. The van der Waals surface area contributed by atoms with Crippen molar-refractivity contribution < 1.29 is 19.2 Å². The lowest BCUT2D eigenvalue weighted by Gasteiger charge is -2.32. The molecule has 3 heterocycles. The zero-order valence-electron chi connectivity index (χ0n) is 19.3. The Hall–Kier alpha value is -3.77. The first-order valence-electron chi connectivity index (χ1n) is 11.6. The maximum Gasteiger partial charge on any atom is 0.271 e. The van der Waals surface area contributed by atoms with Crippen LogP contribution in [0.1, 0.15) is 23.2 Å². The Balaban J connectivity index is 1.08. The van der Waals surface area contributed by atoms with E-state index in [1.165, 1.54) is 30.1 Å². The number of aromatic nitrogens is 2. The van der Waals surface area contributed by atoms with E-state index < -0.39 is 4.92 Å². The molecule has 0 bridgehead atoms. The van der Waals surface area contributed by atoms with Crippen molar-refractivity contribution in [3.05, 3.63) is 58.3 Å². The molecule has 0 spiro atoms. The number of non-ortho nitro benzene ring substituents is 1. The molecule has 1 fully saturated rings. The fourth-order valence-corrected chi connectivity index (χ4v) is 5.03. The number of thioether (sulfide) groups is 1. The van der Waals surface area contributed by atoms with Crippen LogP contribution < -0.4 is 15.4 Å². The number of hydrogen-bond donors (Lipinski definition) is 2. The Morgan fingerprint density at radius 3 is 2.86 bits per heavy atom. The summed E-state index contributed by atoms with van der Waals surface area (Å²) in [6.45, 7) is 2.74. The van der Waals surface area contributed by atoms with Gasteiger partial charge in [0.05, 0.1) is 33.6 Å². The van der Waals surface area contributed by atoms with Crippen molar-refractivity contribution in [2.24, 2.45) is 0 Å². The quantitative estimate of drug-likeness (QED) is 0.364. The van der Waals surface area contributed by atoms with E-state index in [9.17, 15) is 19.7 Å². The summed E-state index contributed by atoms with van der Waals surface area (Å²) in [6.07, 6.45) is 3.16. The molecule has 0 aliphatic carbocycles. The second-order valence-corrected chi connectivity index (χ2v) is 9.64. The second-order valence-electron chi connectivity index (χ2n) is 8.62. The van der Waals surface area contributed by atoms with E-state index in [0.717, 1.165) is 30.8 Å². The smallest absolute Gasteiger partial charge is 0.271 e. The molecule has 2 N–H and O–H groups in total. The van der Waals surface area contributed by atoms with Crippen LogP contribution in [0.15, 0.2) is 47.5 Å². The molecular weight excluding hydrogens is 484 g/mol. The van der Waals surface area contributed by atoms with Gasteiger partial charge in [0.1, 0.15) is 6.61 Å². The van der Waals surface area contributed by atoms with Gasteiger partial charge in [-0.25, -0.2) is 9.97 Å². The maximum absolute atomic E-state index is 12.7. The van der Waals surface area contributed by atoms with Gasteiger partial charge in [0.2, 0.25) is 11.8 Å². The third-order valence-corrected chi connectivity index (χ3v) is 7.24. The summed E-state index contributed by atoms with van der Waals surface area (Å²) in [5.74, 6) is 0.519. The van der Waals surface area contributed by atoms with E-state index in [-0.39, 0.29) is 23.5 Å². The first-order chi connectivity index (χ1) is 17.4. The van der Waals surface area contributed by atoms with Gasteiger partial charge < -0.3 is 15.4 Å². The molecule has 0 unspecified atom stereocenters. The summed E-state index contributed by atoms with van der Waals surface area (Å²) in [5.41, 5.74) is 2.16. The lowest BCUT2D eigenvalue weighted by Crippen LogP contribution is -2.45. The van der Waals surface area contributed by atoms with E-state index >= 15 is 0 Å². The highest BCUT2D eigenvalue weighted by Gasteiger charge is 2.22. The number of nitro groups is 1. The minimum atomic E-state index is -0.466. The summed E-state index contributed by atoms with van der Waals surface area (Å²) in [4.78, 5) is 46.7. The number of likely N-dealkylation sites (tertiary alicyclic amines) is 1. The molecule has 186 valence electrons. The fraction of sp³-hybridized carbons (Fsp3) is 0.333. The summed E-state index contributed by atoms with van der Waals surface area (Å²) < 4.78 is 5.73. The molecule has 36 heavy (non-hydrogen) atoms. The molecular formula is C24H24N6O5S. The number of carbonyl (C=O) groups excluding carboxylic acids is 2. The molecule has 2 amide bonds. The van der Waals surface area contributed by atoms with Crippen LogP contribution in [0.4, 0.5) is 11.4 Å². The van der Waals surface area contributed by atoms with E-state index in [4.69, 9.17) is 4.74 Å². The van der Waals surface area contributed by atoms with Crippen molar-refractivity contribution in [3.63, 3.8) is 0 Å². The van der Waals surface area contributed by atoms with Crippen molar-refractivity contribution >= 4 is 46.0 Å². The fourth-order valence-electron chi connectivity index (χ4n) is 4.24. The first-order valence-corrected chi connectivity index (χ1v) is 12.6. The SMILES string of the molecule is O=C1CSc2ccc(C(=O)NC3CCN(CCOc4cnc5ccc([N+](=O)[O-])cc5n4)CC3)cc2N1. The highest BCUT2D eigenvalue weighted by Crippen LogP contribution is 2.32. The van der Waals surface area contributed by atoms with Crippen LogP contribution in [-0.4, -0.2) is 69.6 Å². The van der Waals surface area contributed by atoms with Crippen LogP contribution in [-0.2, 0) is 4.79 Å². The number of carbonyl (C=O) groups is 2. The molecule has 1 saturated heterocycles. The third kappa shape index (κ3) is 5.55. The zero-order valence-corrected chi connectivity index (χ0v) is 20.1. The van der Waals surface area contributed by atoms with E-state index in [1.807, 2.05) is 6.07 Å². The van der Waals surface area contributed by atoms with Gasteiger partial charge in [0.15, 0.2) is 0 Å². The van der Waals surface area contributed by atoms with E-state index in [2.05, 4.69) is 25.5 Å². The van der Waals surface area contributed by atoms with Crippen molar-refractivity contribution in [3.8, 4) is 5.88 Å². The van der Waals surface area contributed by atoms with Crippen molar-refractivity contribution in [1.29, 1.82) is 0 Å². The average molecular weight is 509 g/mol. The highest BCUT2D eigenvalue weighted by atomic mass is 32.2. The third-order valence-electron chi connectivity index (χ3n) is 6.17. The molecule has 11 nitrogen and oxygen atoms in total. The van der Waals surface area contributed by atoms with Crippen LogP contribution in [0.3, 0.4) is 0 Å². The summed E-state index contributed by atoms with van der Waals surface area (Å²) in [7, 11) is 0. The minimum Gasteiger partial charge on any atom is -0.475 e. The number of anilines is 1. The maximum atomic E-state index is 12.7. The van der Waals surface area contributed by atoms with Gasteiger partial charge in [-0.15, -0.1) is 11.8 Å². The Morgan fingerprint density at radius 1 is 1.22 bits per heavy atom. The van der Waals surface area contributed by atoms with Gasteiger partial charge in [0.25, 0.3) is 11.6 Å². The topological polar surface area (TPSA) is 140 Å². The molecule has 2 aliphatic heterocycles. The largest absolute Gasteiger partial charge is 0.475 e. The number of nitrogens with one attached hydrogen (secondary N) is 2. The normalized spacial score (nSPS) is 16.3. The van der Waals surface area contributed by atoms with Crippen LogP contribution in [0.25, 0.3) is 11.0 Å². The van der Waals surface area contributed by atoms with Gasteiger partial charge in [-0.2, -0.15) is 0 Å². The summed E-state index contributed by atoms with van der Waals surface area (Å²) in [5, 5.41) is 16.9. The van der Waals surface area contributed by atoms with E-state index in [1.54, 1.807) is 18.2 Å². The number of ether oxygens (including phenoxy) is 1. The highest BCUT2D eigenvalue weighted by molar-refractivity contribution is 8.00. The number of piperidine rings is 1. The monoisotopic (exact) mass is 508 g/mol. The number of nitrogens with zero attached hydrogens (tertiary/aromatic N) is 4. The average Bonchev–Trinajstić information content (AvgIpc) is 2.88. The molecule has 0 saturated carbocycles. The van der Waals surface area contributed by atoms with Gasteiger partial charge in [0, 0.05) is 48.3 Å². The minimum absolute atomic E-state index is 0.0405. The van der Waals surface area contributed by atoms with Gasteiger partial charge in [-0.1, -0.05) is 0 Å². The molecule has 5 rings (SSSR count). The first kappa shape index (κ1) is 23.9. The molecule has 12 heteroatoms. The number of rotatable bonds is 7. The van der Waals surface area contributed by atoms with Crippen LogP contribution in [0.5, 0.6) is 5.88 Å². The summed E-state index contributed by atoms with van der Waals surface area (Å²) in [6, 6.07) is 9.82. The molecule has 0 atom stereocenters. The molecule has 3 aromatic rings. The van der Waals surface area contributed by atoms with Gasteiger partial charge in [-0.05, 0) is 37.1 Å². The number of nitro benzene ring substituents is 1. The lowest BCUT2D eigenvalue weighted by atomic mass is 10.0. The van der Waals surface area contributed by atoms with Crippen LogP contribution >= 0.6 is 11.8 Å². The van der Waals surface area contributed by atoms with E-state index in [0.29, 0.717) is 47.1 Å². The van der Waals surface area contributed by atoms with Crippen molar-refractivity contribution in [1.82, 2.24) is 20.2 Å². The number of fused-ring (bicyclic) bond motifs is 2. The number of hydrogen-bond acceptors (Lipinski definition) is 9. The predicted molar refractivity (Wildman–Crippen MR) is 134 cm³/mol. The standard InChI is InChI=1S/C24H24N6O5S/c31-22-14-36-21-4-1-15(11-20(21)27-22)24(32)26-16-5-7-29(8-6-16)9-10-35-23-13-25-18-3-2-17(30(33)34)12-19(18)28-23/h1-4,11-13,16H,5-10,14H2,(H,26,32)(H,27,31). The van der Waals surface area contributed by atoms with Gasteiger partial charge in [-0.3, -0.25) is 24.6 Å². The number of amides is 2. The van der Waals surface area contributed by atoms with Crippen LogP contribution in [0.2, 0.25) is 0 Å². The van der Waals surface area contributed by atoms with Crippen LogP contribution in [0, 0.1) is 10.1 Å². The molecule has 0 radical (unpaired) electrons. The Morgan fingerprint density at radius 2 is 2.06 bits per heavy atom. The molecule has 1 aromatic heterocycles. The Bertz CT molecular complexity index is 1330. The Kier molecular flexibility index (Phi) is 6.96. The molecule has 2 aliphatic rings. The number of benzene rings is 2. The van der Waals surface area contributed by atoms with Crippen molar-refractivity contribution in [2.45, 2.75) is 23.8 Å².